The zero-order valence-electron chi connectivity index (χ0n) is 16.8. The molecule has 0 aliphatic carbocycles. The van der Waals surface area contributed by atoms with Gasteiger partial charge in [0.1, 0.15) is 11.6 Å². The fourth-order valence-corrected chi connectivity index (χ4v) is 4.80. The van der Waals surface area contributed by atoms with Crippen molar-refractivity contribution in [1.82, 2.24) is 14.9 Å². The molecule has 5 rings (SSSR count). The Morgan fingerprint density at radius 3 is 2.32 bits per heavy atom. The topological polar surface area (TPSA) is 48.6 Å². The Morgan fingerprint density at radius 2 is 1.61 bits per heavy atom. The van der Waals surface area contributed by atoms with E-state index in [0.717, 1.165) is 63.9 Å². The first-order valence-electron chi connectivity index (χ1n) is 11.0. The molecule has 2 aromatic rings. The average molecular weight is 382 g/mol. The van der Waals surface area contributed by atoms with E-state index in [1.807, 2.05) is 6.07 Å². The van der Waals surface area contributed by atoms with Crippen LogP contribution in [0.2, 0.25) is 0 Å². The molecule has 5 heterocycles. The van der Waals surface area contributed by atoms with Crippen LogP contribution in [0.1, 0.15) is 55.5 Å². The highest BCUT2D eigenvalue weighted by molar-refractivity contribution is 5.54. The molecule has 0 radical (unpaired) electrons. The van der Waals surface area contributed by atoms with Gasteiger partial charge in [-0.25, -0.2) is 4.98 Å². The highest BCUT2D eigenvalue weighted by atomic mass is 16.3. The molecule has 0 amide bonds. The quantitative estimate of drug-likeness (QED) is 0.806. The summed E-state index contributed by atoms with van der Waals surface area (Å²) in [6.45, 7) is 7.26. The van der Waals surface area contributed by atoms with Crippen molar-refractivity contribution in [3.8, 4) is 0 Å². The molecule has 6 heteroatoms. The summed E-state index contributed by atoms with van der Waals surface area (Å²) in [5, 5.41) is 0. The van der Waals surface area contributed by atoms with Crippen molar-refractivity contribution >= 4 is 11.8 Å². The Morgan fingerprint density at radius 1 is 0.857 bits per heavy atom. The maximum absolute atomic E-state index is 5.58. The van der Waals surface area contributed by atoms with Crippen LogP contribution in [-0.2, 0) is 19.5 Å². The summed E-state index contributed by atoms with van der Waals surface area (Å²) < 4.78 is 5.58. The van der Waals surface area contributed by atoms with Crippen LogP contribution in [0, 0.1) is 0 Å². The molecule has 0 aromatic carbocycles. The summed E-state index contributed by atoms with van der Waals surface area (Å²) in [5.74, 6) is 3.21. The molecule has 0 unspecified atom stereocenters. The zero-order chi connectivity index (χ0) is 18.8. The van der Waals surface area contributed by atoms with Gasteiger partial charge in [0.2, 0.25) is 5.95 Å². The van der Waals surface area contributed by atoms with Gasteiger partial charge in [-0.2, -0.15) is 4.98 Å². The average Bonchev–Trinajstić information content (AvgIpc) is 3.27. The first-order chi connectivity index (χ1) is 13.9. The molecule has 0 atom stereocenters. The fraction of sp³-hybridized carbons (Fsp3) is 0.636. The van der Waals surface area contributed by atoms with E-state index in [2.05, 4.69) is 20.8 Å². The van der Waals surface area contributed by atoms with Crippen LogP contribution in [0.25, 0.3) is 0 Å². The first-order valence-corrected chi connectivity index (χ1v) is 11.0. The van der Waals surface area contributed by atoms with E-state index in [-0.39, 0.29) is 0 Å². The maximum atomic E-state index is 5.58. The molecule has 0 spiro atoms. The van der Waals surface area contributed by atoms with Crippen molar-refractivity contribution in [2.75, 3.05) is 42.5 Å². The fourth-order valence-electron chi connectivity index (χ4n) is 4.80. The van der Waals surface area contributed by atoms with E-state index in [1.54, 1.807) is 6.26 Å². The number of hydrogen-bond acceptors (Lipinski definition) is 6. The number of hydrogen-bond donors (Lipinski definition) is 0. The third kappa shape index (κ3) is 3.75. The smallest absolute Gasteiger partial charge is 0.227 e. The van der Waals surface area contributed by atoms with Crippen LogP contribution < -0.4 is 9.80 Å². The minimum absolute atomic E-state index is 0.861. The lowest BCUT2D eigenvalue weighted by Gasteiger charge is -2.36. The molecule has 3 aliphatic rings. The monoisotopic (exact) mass is 381 g/mol. The summed E-state index contributed by atoms with van der Waals surface area (Å²) in [7, 11) is 0. The van der Waals surface area contributed by atoms with E-state index < -0.39 is 0 Å². The molecule has 0 N–H and O–H groups in total. The van der Waals surface area contributed by atoms with Gasteiger partial charge in [0.25, 0.3) is 0 Å². The van der Waals surface area contributed by atoms with Gasteiger partial charge >= 0.3 is 0 Å². The molecule has 0 saturated carbocycles. The maximum Gasteiger partial charge on any atom is 0.227 e. The van der Waals surface area contributed by atoms with Crippen molar-refractivity contribution in [3.63, 3.8) is 0 Å². The van der Waals surface area contributed by atoms with E-state index in [9.17, 15) is 0 Å². The SMILES string of the molecule is c1coc(CN2CCc3nc(N4CCCCC4)nc(N4CCCCC4)c3C2)c1. The van der Waals surface area contributed by atoms with E-state index in [1.165, 1.54) is 55.6 Å². The standard InChI is InChI=1S/C22H31N5O/c1-3-10-26(11-4-1)21-19-17-25(16-18-8-7-15-28-18)14-9-20(19)23-22(24-21)27-12-5-2-6-13-27/h7-8,15H,1-6,9-14,16-17H2. The number of fused-ring (bicyclic) bond motifs is 1. The second-order valence-electron chi connectivity index (χ2n) is 8.41. The third-order valence-corrected chi connectivity index (χ3v) is 6.36. The van der Waals surface area contributed by atoms with Gasteiger partial charge in [-0.15, -0.1) is 0 Å². The first kappa shape index (κ1) is 18.0. The molecular formula is C22H31N5O. The molecule has 150 valence electrons. The van der Waals surface area contributed by atoms with Crippen molar-refractivity contribution in [2.24, 2.45) is 0 Å². The van der Waals surface area contributed by atoms with E-state index in [0.29, 0.717) is 0 Å². The summed E-state index contributed by atoms with van der Waals surface area (Å²) in [4.78, 5) is 17.6. The lowest BCUT2D eigenvalue weighted by molar-refractivity contribution is 0.223. The van der Waals surface area contributed by atoms with Crippen LogP contribution in [0.5, 0.6) is 0 Å². The number of piperidine rings is 2. The van der Waals surface area contributed by atoms with Crippen molar-refractivity contribution in [3.05, 3.63) is 35.4 Å². The summed E-state index contributed by atoms with van der Waals surface area (Å²) in [5.41, 5.74) is 2.62. The number of furan rings is 1. The normalized spacial score (nSPS) is 21.0. The number of anilines is 2. The van der Waals surface area contributed by atoms with Crippen LogP contribution in [-0.4, -0.2) is 47.6 Å². The van der Waals surface area contributed by atoms with Crippen LogP contribution >= 0.6 is 0 Å². The lowest BCUT2D eigenvalue weighted by atomic mass is 10.0. The minimum Gasteiger partial charge on any atom is -0.468 e. The highest BCUT2D eigenvalue weighted by Crippen LogP contribution is 2.32. The number of rotatable bonds is 4. The Hall–Kier alpha value is -2.08. The molecule has 3 aliphatic heterocycles. The van der Waals surface area contributed by atoms with E-state index in [4.69, 9.17) is 14.4 Å². The van der Waals surface area contributed by atoms with Gasteiger partial charge in [-0.3, -0.25) is 4.90 Å². The van der Waals surface area contributed by atoms with Crippen molar-refractivity contribution in [2.45, 2.75) is 58.0 Å². The highest BCUT2D eigenvalue weighted by Gasteiger charge is 2.28. The number of aromatic nitrogens is 2. The van der Waals surface area contributed by atoms with Crippen molar-refractivity contribution < 1.29 is 4.42 Å². The van der Waals surface area contributed by atoms with Gasteiger partial charge in [0, 0.05) is 51.3 Å². The van der Waals surface area contributed by atoms with Crippen molar-refractivity contribution in [1.29, 1.82) is 0 Å². The van der Waals surface area contributed by atoms with Crippen LogP contribution in [0.15, 0.2) is 22.8 Å². The number of nitrogens with zero attached hydrogens (tertiary/aromatic N) is 5. The molecule has 2 saturated heterocycles. The largest absolute Gasteiger partial charge is 0.468 e. The van der Waals surface area contributed by atoms with Gasteiger partial charge < -0.3 is 14.2 Å². The van der Waals surface area contributed by atoms with Gasteiger partial charge in [0.15, 0.2) is 0 Å². The summed E-state index contributed by atoms with van der Waals surface area (Å²) in [6.07, 6.45) is 10.5. The zero-order valence-corrected chi connectivity index (χ0v) is 16.8. The molecule has 28 heavy (non-hydrogen) atoms. The Labute approximate surface area is 167 Å². The van der Waals surface area contributed by atoms with Crippen LogP contribution in [0.4, 0.5) is 11.8 Å². The predicted octanol–water partition coefficient (Wildman–Crippen LogP) is 3.61. The molecule has 0 bridgehead atoms. The molecule has 6 nitrogen and oxygen atoms in total. The Bertz CT molecular complexity index is 778. The molecule has 2 fully saturated rings. The summed E-state index contributed by atoms with van der Waals surface area (Å²) in [6, 6.07) is 4.04. The molecular weight excluding hydrogens is 350 g/mol. The Kier molecular flexibility index (Phi) is 5.21. The van der Waals surface area contributed by atoms with Gasteiger partial charge in [-0.05, 0) is 50.7 Å². The Balaban J connectivity index is 1.45. The second kappa shape index (κ2) is 8.11. The predicted molar refractivity (Wildman–Crippen MR) is 111 cm³/mol. The molecule has 2 aromatic heterocycles. The lowest BCUT2D eigenvalue weighted by Crippen LogP contribution is -2.38. The van der Waals surface area contributed by atoms with Crippen LogP contribution in [0.3, 0.4) is 0 Å². The second-order valence-corrected chi connectivity index (χ2v) is 8.41. The minimum atomic E-state index is 0.861. The third-order valence-electron chi connectivity index (χ3n) is 6.36. The summed E-state index contributed by atoms with van der Waals surface area (Å²) >= 11 is 0. The van der Waals surface area contributed by atoms with Gasteiger partial charge in [-0.1, -0.05) is 0 Å². The van der Waals surface area contributed by atoms with Gasteiger partial charge in [0.05, 0.1) is 18.5 Å². The van der Waals surface area contributed by atoms with E-state index >= 15 is 0 Å².